The summed E-state index contributed by atoms with van der Waals surface area (Å²) in [5, 5.41) is 10.6. The van der Waals surface area contributed by atoms with Crippen molar-refractivity contribution in [2.75, 3.05) is 6.61 Å². The molecule has 0 saturated heterocycles. The van der Waals surface area contributed by atoms with Gasteiger partial charge < -0.3 is 9.84 Å². The lowest BCUT2D eigenvalue weighted by Crippen LogP contribution is -2.43. The molecule has 7 nitrogen and oxygen atoms in total. The molecule has 0 aliphatic rings. The topological polar surface area (TPSA) is 110 Å². The van der Waals surface area contributed by atoms with Gasteiger partial charge in [0.25, 0.3) is 0 Å². The number of carbonyl (C=O) groups is 2. The second-order valence-corrected chi connectivity index (χ2v) is 7.52. The second-order valence-electron chi connectivity index (χ2n) is 5.80. The van der Waals surface area contributed by atoms with E-state index in [-0.39, 0.29) is 11.5 Å². The number of hydrogen-bond acceptors (Lipinski definition) is 5. The monoisotopic (exact) mass is 379 g/mol. The lowest BCUT2D eigenvalue weighted by atomic mass is 10.1. The van der Waals surface area contributed by atoms with Gasteiger partial charge in [-0.05, 0) is 29.3 Å². The fourth-order valence-corrected chi connectivity index (χ4v) is 3.57. The maximum Gasteiger partial charge on any atom is 0.324 e. The van der Waals surface area contributed by atoms with Crippen LogP contribution in [0.15, 0.2) is 47.4 Å². The molecular formula is C18H21NO6S. The molecule has 0 saturated carbocycles. The van der Waals surface area contributed by atoms with E-state index in [9.17, 15) is 18.0 Å². The number of hydrogen-bond donors (Lipinski definition) is 2. The summed E-state index contributed by atoms with van der Waals surface area (Å²) < 4.78 is 32.3. The molecule has 2 aromatic carbocycles. The number of ether oxygens (including phenoxy) is 1. The number of rotatable bonds is 9. The van der Waals surface area contributed by atoms with E-state index in [2.05, 4.69) is 4.72 Å². The lowest BCUT2D eigenvalue weighted by molar-refractivity contribution is -0.150. The number of fused-ring (bicyclic) bond motifs is 1. The van der Waals surface area contributed by atoms with Crippen LogP contribution in [0, 0.1) is 0 Å². The summed E-state index contributed by atoms with van der Waals surface area (Å²) >= 11 is 0. The molecule has 2 aromatic rings. The van der Waals surface area contributed by atoms with E-state index in [1.54, 1.807) is 18.2 Å². The van der Waals surface area contributed by atoms with Crippen molar-refractivity contribution in [3.63, 3.8) is 0 Å². The van der Waals surface area contributed by atoms with Crippen molar-refractivity contribution in [1.29, 1.82) is 0 Å². The minimum Gasteiger partial charge on any atom is -0.481 e. The Balaban J connectivity index is 2.23. The van der Waals surface area contributed by atoms with Gasteiger partial charge in [-0.15, -0.1) is 0 Å². The summed E-state index contributed by atoms with van der Waals surface area (Å²) in [5.41, 5.74) is 0. The average Bonchev–Trinajstić information content (AvgIpc) is 2.60. The van der Waals surface area contributed by atoms with Crippen LogP contribution in [-0.2, 0) is 24.3 Å². The number of unbranched alkanes of at least 4 members (excludes halogenated alkanes) is 1. The Kier molecular flexibility index (Phi) is 6.70. The van der Waals surface area contributed by atoms with Crippen LogP contribution in [0.4, 0.5) is 0 Å². The molecule has 2 rings (SSSR count). The predicted octanol–water partition coefficient (Wildman–Crippen LogP) is 2.30. The third-order valence-electron chi connectivity index (χ3n) is 3.73. The van der Waals surface area contributed by atoms with Crippen molar-refractivity contribution >= 4 is 32.7 Å². The molecule has 0 aromatic heterocycles. The van der Waals surface area contributed by atoms with E-state index in [0.29, 0.717) is 6.42 Å². The van der Waals surface area contributed by atoms with Gasteiger partial charge in [-0.2, -0.15) is 4.72 Å². The third kappa shape index (κ3) is 5.27. The normalized spacial score (nSPS) is 12.7. The highest BCUT2D eigenvalue weighted by Gasteiger charge is 2.29. The number of esters is 1. The molecule has 0 amide bonds. The molecule has 140 valence electrons. The highest BCUT2D eigenvalue weighted by atomic mass is 32.2. The SMILES string of the molecule is CCCCOC(=O)[C@H](CC(=O)O)NS(=O)(=O)c1ccc2ccccc2c1. The Morgan fingerprint density at radius 2 is 1.85 bits per heavy atom. The maximum absolute atomic E-state index is 12.6. The van der Waals surface area contributed by atoms with E-state index < -0.39 is 34.4 Å². The molecule has 1 atom stereocenters. The van der Waals surface area contributed by atoms with Gasteiger partial charge in [0.05, 0.1) is 17.9 Å². The molecule has 0 heterocycles. The number of benzene rings is 2. The van der Waals surface area contributed by atoms with Gasteiger partial charge in [-0.3, -0.25) is 9.59 Å². The average molecular weight is 379 g/mol. The summed E-state index contributed by atoms with van der Waals surface area (Å²) in [7, 11) is -4.09. The van der Waals surface area contributed by atoms with Crippen molar-refractivity contribution in [2.24, 2.45) is 0 Å². The maximum atomic E-state index is 12.6. The van der Waals surface area contributed by atoms with E-state index in [1.807, 2.05) is 19.1 Å². The molecule has 26 heavy (non-hydrogen) atoms. The fraction of sp³-hybridized carbons (Fsp3) is 0.333. The molecule has 2 N–H and O–H groups in total. The first-order valence-electron chi connectivity index (χ1n) is 8.23. The number of carboxylic acid groups (broad SMARTS) is 1. The molecule has 0 spiro atoms. The number of nitrogens with one attached hydrogen (secondary N) is 1. The number of sulfonamides is 1. The summed E-state index contributed by atoms with van der Waals surface area (Å²) in [6.45, 7) is 2.02. The molecule has 0 radical (unpaired) electrons. The highest BCUT2D eigenvalue weighted by Crippen LogP contribution is 2.19. The van der Waals surface area contributed by atoms with E-state index in [4.69, 9.17) is 9.84 Å². The van der Waals surface area contributed by atoms with Gasteiger partial charge in [0, 0.05) is 0 Å². The van der Waals surface area contributed by atoms with Crippen LogP contribution in [0.1, 0.15) is 26.2 Å². The van der Waals surface area contributed by atoms with E-state index >= 15 is 0 Å². The Labute approximate surface area is 152 Å². The van der Waals surface area contributed by atoms with Crippen LogP contribution in [0.3, 0.4) is 0 Å². The Hall–Kier alpha value is -2.45. The van der Waals surface area contributed by atoms with Crippen molar-refractivity contribution < 1.29 is 27.9 Å². The molecule has 0 aliphatic carbocycles. The first-order valence-corrected chi connectivity index (χ1v) is 9.71. The van der Waals surface area contributed by atoms with Crippen LogP contribution in [0.25, 0.3) is 10.8 Å². The van der Waals surface area contributed by atoms with Gasteiger partial charge in [-0.25, -0.2) is 8.42 Å². The summed E-state index contributed by atoms with van der Waals surface area (Å²) in [6.07, 6.45) is 0.709. The van der Waals surface area contributed by atoms with E-state index in [1.165, 1.54) is 12.1 Å². The molecular weight excluding hydrogens is 358 g/mol. The van der Waals surface area contributed by atoms with Crippen molar-refractivity contribution in [3.05, 3.63) is 42.5 Å². The van der Waals surface area contributed by atoms with Gasteiger partial charge >= 0.3 is 11.9 Å². The fourth-order valence-electron chi connectivity index (χ4n) is 2.36. The van der Waals surface area contributed by atoms with Crippen LogP contribution in [0.2, 0.25) is 0 Å². The Morgan fingerprint density at radius 3 is 2.50 bits per heavy atom. The standard InChI is InChI=1S/C18H21NO6S/c1-2-3-10-25-18(22)16(12-17(20)21)19-26(23,24)15-9-8-13-6-4-5-7-14(13)11-15/h4-9,11,16,19H,2-3,10,12H2,1H3,(H,20,21)/t16-/m0/s1. The molecule has 0 fully saturated rings. The van der Waals surface area contributed by atoms with E-state index in [0.717, 1.165) is 17.2 Å². The molecule has 8 heteroatoms. The van der Waals surface area contributed by atoms with Crippen LogP contribution >= 0.6 is 0 Å². The summed E-state index contributed by atoms with van der Waals surface area (Å²) in [4.78, 5) is 23.0. The first-order chi connectivity index (χ1) is 12.3. The van der Waals surface area contributed by atoms with Crippen molar-refractivity contribution in [2.45, 2.75) is 37.1 Å². The number of carboxylic acids is 1. The Morgan fingerprint density at radius 1 is 1.15 bits per heavy atom. The molecule has 0 aliphatic heterocycles. The zero-order valence-electron chi connectivity index (χ0n) is 14.3. The van der Waals surface area contributed by atoms with Gasteiger partial charge in [0.15, 0.2) is 0 Å². The molecule has 0 bridgehead atoms. The smallest absolute Gasteiger partial charge is 0.324 e. The summed E-state index contributed by atoms with van der Waals surface area (Å²) in [6, 6.07) is 10.3. The third-order valence-corrected chi connectivity index (χ3v) is 5.20. The molecule has 0 unspecified atom stereocenters. The van der Waals surface area contributed by atoms with Gasteiger partial charge in [-0.1, -0.05) is 43.7 Å². The lowest BCUT2D eigenvalue weighted by Gasteiger charge is -2.16. The van der Waals surface area contributed by atoms with Crippen LogP contribution in [0.5, 0.6) is 0 Å². The Bertz CT molecular complexity index is 893. The quantitative estimate of drug-likeness (QED) is 0.511. The van der Waals surface area contributed by atoms with Crippen LogP contribution < -0.4 is 4.72 Å². The summed E-state index contributed by atoms with van der Waals surface area (Å²) in [5.74, 6) is -2.20. The number of carbonyl (C=O) groups excluding carboxylic acids is 1. The highest BCUT2D eigenvalue weighted by molar-refractivity contribution is 7.89. The largest absolute Gasteiger partial charge is 0.481 e. The first kappa shape index (κ1) is 19.9. The zero-order chi connectivity index (χ0) is 19.2. The number of aliphatic carboxylic acids is 1. The van der Waals surface area contributed by atoms with Crippen LogP contribution in [-0.4, -0.2) is 38.1 Å². The van der Waals surface area contributed by atoms with Gasteiger partial charge in [0.1, 0.15) is 6.04 Å². The second kappa shape index (κ2) is 8.77. The minimum atomic E-state index is -4.09. The van der Waals surface area contributed by atoms with Crippen molar-refractivity contribution in [1.82, 2.24) is 4.72 Å². The predicted molar refractivity (Wildman–Crippen MR) is 96.2 cm³/mol. The minimum absolute atomic E-state index is 0.0482. The van der Waals surface area contributed by atoms with Crippen molar-refractivity contribution in [3.8, 4) is 0 Å². The zero-order valence-corrected chi connectivity index (χ0v) is 15.2. The van der Waals surface area contributed by atoms with Gasteiger partial charge in [0.2, 0.25) is 10.0 Å².